The first-order valence-electron chi connectivity index (χ1n) is 5.23. The largest absolute Gasteiger partial charge is 0.464 e. The topological polar surface area (TPSA) is 39.2 Å². The number of benzene rings is 1. The van der Waals surface area contributed by atoms with Crippen molar-refractivity contribution in [3.8, 4) is 0 Å². The Morgan fingerprint density at radius 1 is 1.27 bits per heavy atom. The van der Waals surface area contributed by atoms with E-state index >= 15 is 0 Å². The van der Waals surface area contributed by atoms with Gasteiger partial charge in [0.05, 0.1) is 6.26 Å². The van der Waals surface area contributed by atoms with Crippen LogP contribution in [0, 0.1) is 0 Å². The van der Waals surface area contributed by atoms with E-state index in [0.29, 0.717) is 6.54 Å². The average molecular weight is 203 g/mol. The summed E-state index contributed by atoms with van der Waals surface area (Å²) < 4.78 is 5.62. The molecule has 0 unspecified atom stereocenters. The normalized spacial score (nSPS) is 12.3. The lowest BCUT2D eigenvalue weighted by atomic mass is 9.86. The lowest BCUT2D eigenvalue weighted by Crippen LogP contribution is -2.09. The fraction of sp³-hybridized carbons (Fsp3) is 0.385. The van der Waals surface area contributed by atoms with Gasteiger partial charge in [0.1, 0.15) is 5.58 Å². The molecule has 0 amide bonds. The van der Waals surface area contributed by atoms with Crippen LogP contribution in [0.2, 0.25) is 0 Å². The van der Waals surface area contributed by atoms with Crippen molar-refractivity contribution >= 4 is 11.0 Å². The maximum atomic E-state index is 5.67. The van der Waals surface area contributed by atoms with E-state index in [0.717, 1.165) is 11.1 Å². The van der Waals surface area contributed by atoms with Crippen LogP contribution >= 0.6 is 0 Å². The van der Waals surface area contributed by atoms with Crippen LogP contribution in [0.1, 0.15) is 31.9 Å². The highest BCUT2D eigenvalue weighted by atomic mass is 16.3. The van der Waals surface area contributed by atoms with Gasteiger partial charge in [-0.15, -0.1) is 0 Å². The van der Waals surface area contributed by atoms with Crippen molar-refractivity contribution in [3.63, 3.8) is 0 Å². The summed E-state index contributed by atoms with van der Waals surface area (Å²) in [6.07, 6.45) is 1.85. The zero-order valence-electron chi connectivity index (χ0n) is 9.50. The molecule has 0 atom stereocenters. The van der Waals surface area contributed by atoms with E-state index in [1.165, 1.54) is 10.9 Å². The summed E-state index contributed by atoms with van der Waals surface area (Å²) in [5, 5.41) is 1.19. The average Bonchev–Trinajstić information content (AvgIpc) is 2.59. The van der Waals surface area contributed by atoms with Crippen molar-refractivity contribution in [3.05, 3.63) is 35.6 Å². The molecule has 0 spiro atoms. The highest BCUT2D eigenvalue weighted by Gasteiger charge is 2.20. The van der Waals surface area contributed by atoms with Crippen LogP contribution in [0.3, 0.4) is 0 Å². The summed E-state index contributed by atoms with van der Waals surface area (Å²) in [6, 6.07) is 6.14. The SMILES string of the molecule is CC(C)(C)c1coc2c(CN)cccc12. The van der Waals surface area contributed by atoms with Gasteiger partial charge in [0.2, 0.25) is 0 Å². The van der Waals surface area contributed by atoms with Gasteiger partial charge in [0.25, 0.3) is 0 Å². The third kappa shape index (κ3) is 1.65. The van der Waals surface area contributed by atoms with E-state index in [4.69, 9.17) is 10.2 Å². The van der Waals surface area contributed by atoms with Crippen LogP contribution in [-0.4, -0.2) is 0 Å². The van der Waals surface area contributed by atoms with Gasteiger partial charge in [-0.1, -0.05) is 39.0 Å². The molecule has 1 heterocycles. The van der Waals surface area contributed by atoms with Gasteiger partial charge in [0.15, 0.2) is 0 Å². The number of fused-ring (bicyclic) bond motifs is 1. The molecule has 0 saturated heterocycles. The van der Waals surface area contributed by atoms with E-state index in [9.17, 15) is 0 Å². The Morgan fingerprint density at radius 3 is 2.60 bits per heavy atom. The molecule has 15 heavy (non-hydrogen) atoms. The van der Waals surface area contributed by atoms with E-state index in [2.05, 4.69) is 26.8 Å². The highest BCUT2D eigenvalue weighted by molar-refractivity contribution is 5.84. The van der Waals surface area contributed by atoms with Crippen LogP contribution in [-0.2, 0) is 12.0 Å². The van der Waals surface area contributed by atoms with Gasteiger partial charge >= 0.3 is 0 Å². The van der Waals surface area contributed by atoms with Crippen molar-refractivity contribution in [1.29, 1.82) is 0 Å². The van der Waals surface area contributed by atoms with Crippen molar-refractivity contribution < 1.29 is 4.42 Å². The molecule has 0 radical (unpaired) electrons. The smallest absolute Gasteiger partial charge is 0.138 e. The second kappa shape index (κ2) is 3.38. The number of hydrogen-bond donors (Lipinski definition) is 1. The lowest BCUT2D eigenvalue weighted by molar-refractivity contribution is 0.556. The predicted molar refractivity (Wildman–Crippen MR) is 62.8 cm³/mol. The molecule has 2 nitrogen and oxygen atoms in total. The first-order valence-corrected chi connectivity index (χ1v) is 5.23. The molecule has 0 aliphatic rings. The van der Waals surface area contributed by atoms with Crippen LogP contribution in [0.5, 0.6) is 0 Å². The summed E-state index contributed by atoms with van der Waals surface area (Å²) in [4.78, 5) is 0. The minimum Gasteiger partial charge on any atom is -0.464 e. The maximum absolute atomic E-state index is 5.67. The quantitative estimate of drug-likeness (QED) is 0.773. The van der Waals surface area contributed by atoms with Crippen molar-refractivity contribution in [1.82, 2.24) is 0 Å². The number of hydrogen-bond acceptors (Lipinski definition) is 2. The minimum absolute atomic E-state index is 0.110. The molecule has 2 N–H and O–H groups in total. The summed E-state index contributed by atoms with van der Waals surface area (Å²) >= 11 is 0. The Labute approximate surface area is 90.1 Å². The predicted octanol–water partition coefficient (Wildman–Crippen LogP) is 3.19. The first kappa shape index (κ1) is 10.2. The van der Waals surface area contributed by atoms with Gasteiger partial charge < -0.3 is 10.2 Å². The van der Waals surface area contributed by atoms with E-state index in [-0.39, 0.29) is 5.41 Å². The van der Waals surface area contributed by atoms with Crippen LogP contribution < -0.4 is 5.73 Å². The fourth-order valence-electron chi connectivity index (χ4n) is 1.86. The molecule has 0 saturated carbocycles. The lowest BCUT2D eigenvalue weighted by Gasteiger charge is -2.16. The second-order valence-corrected chi connectivity index (χ2v) is 4.90. The number of para-hydroxylation sites is 1. The molecule has 0 fully saturated rings. The zero-order chi connectivity index (χ0) is 11.1. The Morgan fingerprint density at radius 2 is 2.00 bits per heavy atom. The van der Waals surface area contributed by atoms with Crippen molar-refractivity contribution in [2.24, 2.45) is 5.73 Å². The molecule has 2 heteroatoms. The fourth-order valence-corrected chi connectivity index (χ4v) is 1.86. The summed E-state index contributed by atoms with van der Waals surface area (Å²) in [6.45, 7) is 7.08. The molecule has 80 valence electrons. The highest BCUT2D eigenvalue weighted by Crippen LogP contribution is 2.32. The molecule has 2 aromatic rings. The van der Waals surface area contributed by atoms with Gasteiger partial charge in [0, 0.05) is 23.1 Å². The van der Waals surface area contributed by atoms with Gasteiger partial charge in [-0.05, 0) is 5.41 Å². The van der Waals surface area contributed by atoms with Crippen molar-refractivity contribution in [2.45, 2.75) is 32.7 Å². The molecule has 2 rings (SSSR count). The van der Waals surface area contributed by atoms with Gasteiger partial charge in [-0.3, -0.25) is 0 Å². The third-order valence-corrected chi connectivity index (χ3v) is 2.71. The Kier molecular flexibility index (Phi) is 2.31. The van der Waals surface area contributed by atoms with Crippen LogP contribution in [0.25, 0.3) is 11.0 Å². The Balaban J connectivity index is 2.72. The molecule has 1 aromatic carbocycles. The van der Waals surface area contributed by atoms with E-state index < -0.39 is 0 Å². The molecule has 0 aliphatic heterocycles. The van der Waals surface area contributed by atoms with Crippen LogP contribution in [0.4, 0.5) is 0 Å². The number of nitrogens with two attached hydrogens (primary N) is 1. The van der Waals surface area contributed by atoms with E-state index in [1.54, 1.807) is 0 Å². The third-order valence-electron chi connectivity index (χ3n) is 2.71. The van der Waals surface area contributed by atoms with Gasteiger partial charge in [-0.25, -0.2) is 0 Å². The summed E-state index contributed by atoms with van der Waals surface area (Å²) in [5.74, 6) is 0. The zero-order valence-corrected chi connectivity index (χ0v) is 9.50. The first-order chi connectivity index (χ1) is 7.04. The summed E-state index contributed by atoms with van der Waals surface area (Å²) in [7, 11) is 0. The van der Waals surface area contributed by atoms with Crippen molar-refractivity contribution in [2.75, 3.05) is 0 Å². The summed E-state index contributed by atoms with van der Waals surface area (Å²) in [5.41, 5.74) is 9.03. The monoisotopic (exact) mass is 203 g/mol. The molecule has 1 aromatic heterocycles. The molecular formula is C13H17NO. The number of furan rings is 1. The second-order valence-electron chi connectivity index (χ2n) is 4.90. The Hall–Kier alpha value is -1.28. The maximum Gasteiger partial charge on any atom is 0.138 e. The van der Waals surface area contributed by atoms with Gasteiger partial charge in [-0.2, -0.15) is 0 Å². The van der Waals surface area contributed by atoms with E-state index in [1.807, 2.05) is 18.4 Å². The molecule has 0 aliphatic carbocycles. The molecular weight excluding hydrogens is 186 g/mol. The van der Waals surface area contributed by atoms with Crippen LogP contribution in [0.15, 0.2) is 28.9 Å². The molecule has 0 bridgehead atoms. The minimum atomic E-state index is 0.110. The number of rotatable bonds is 1. The Bertz CT molecular complexity index is 477. The standard InChI is InChI=1S/C13H17NO/c1-13(2,3)11-8-15-12-9(7-14)5-4-6-10(11)12/h4-6,8H,7,14H2,1-3H3.